The Kier molecular flexibility index (Phi) is 11.8. The molecule has 0 radical (unpaired) electrons. The molecule has 52 heavy (non-hydrogen) atoms. The van der Waals surface area contributed by atoms with Gasteiger partial charge < -0.3 is 14.4 Å². The third kappa shape index (κ3) is 8.16. The number of hydrogen-bond acceptors (Lipinski definition) is 8. The van der Waals surface area contributed by atoms with Crippen LogP contribution in [0.4, 0.5) is 5.69 Å². The molecule has 6 atom stereocenters. The third-order valence-electron chi connectivity index (χ3n) is 13.4. The van der Waals surface area contributed by atoms with Crippen LogP contribution in [0.1, 0.15) is 99.5 Å². The van der Waals surface area contributed by atoms with E-state index in [1.165, 1.54) is 31.4 Å². The molecule has 4 heterocycles. The summed E-state index contributed by atoms with van der Waals surface area (Å²) in [7, 11) is -1.99. The molecule has 0 spiro atoms. The van der Waals surface area contributed by atoms with Crippen LogP contribution in [-0.4, -0.2) is 93.9 Å². The van der Waals surface area contributed by atoms with E-state index in [9.17, 15) is 13.2 Å². The van der Waals surface area contributed by atoms with Crippen molar-refractivity contribution < 1.29 is 22.7 Å². The molecular weight excluding hydrogens is 696 g/mol. The number of benzene rings is 2. The summed E-state index contributed by atoms with van der Waals surface area (Å²) in [6, 6.07) is 12.0. The molecule has 1 saturated carbocycles. The van der Waals surface area contributed by atoms with Crippen molar-refractivity contribution in [1.29, 1.82) is 0 Å². The Morgan fingerprint density at radius 3 is 2.58 bits per heavy atom. The van der Waals surface area contributed by atoms with Gasteiger partial charge in [-0.15, -0.1) is 0 Å². The lowest BCUT2D eigenvalue weighted by Gasteiger charge is -2.54. The molecule has 11 heteroatoms. The zero-order chi connectivity index (χ0) is 36.5. The molecule has 2 bridgehead atoms. The minimum atomic E-state index is -3.91. The summed E-state index contributed by atoms with van der Waals surface area (Å²) in [6.45, 7) is 11.2. The van der Waals surface area contributed by atoms with E-state index in [-0.39, 0.29) is 11.5 Å². The fourth-order valence-electron chi connectivity index (χ4n) is 9.83. The number of fused-ring (bicyclic) bond motifs is 4. The summed E-state index contributed by atoms with van der Waals surface area (Å²) in [6.07, 6.45) is 11.6. The molecule has 3 fully saturated rings. The van der Waals surface area contributed by atoms with Crippen LogP contribution in [-0.2, 0) is 27.8 Å². The van der Waals surface area contributed by atoms with Crippen molar-refractivity contribution in [3.8, 4) is 5.75 Å². The number of nitrogens with one attached hydrogen (secondary N) is 1. The number of ether oxygens (including phenoxy) is 2. The number of piperazine rings is 1. The highest BCUT2D eigenvalue weighted by atomic mass is 35.5. The molecule has 0 aromatic heterocycles. The van der Waals surface area contributed by atoms with Crippen LogP contribution in [0.15, 0.2) is 36.4 Å². The Balaban J connectivity index is 1.23. The van der Waals surface area contributed by atoms with Crippen LogP contribution in [0, 0.1) is 17.8 Å². The molecule has 0 unspecified atom stereocenters. The van der Waals surface area contributed by atoms with Crippen molar-refractivity contribution in [2.45, 2.75) is 108 Å². The van der Waals surface area contributed by atoms with Gasteiger partial charge in [0.25, 0.3) is 5.91 Å². The highest BCUT2D eigenvalue weighted by Crippen LogP contribution is 2.48. The predicted molar refractivity (Wildman–Crippen MR) is 208 cm³/mol. The summed E-state index contributed by atoms with van der Waals surface area (Å²) >= 11 is 6.42. The van der Waals surface area contributed by atoms with E-state index in [0.29, 0.717) is 35.8 Å². The molecule has 9 nitrogen and oxygen atoms in total. The maximum Gasteiger partial charge on any atom is 0.264 e. The fourth-order valence-corrected chi connectivity index (χ4v) is 11.3. The van der Waals surface area contributed by atoms with Gasteiger partial charge in [0.15, 0.2) is 0 Å². The highest BCUT2D eigenvalue weighted by Gasteiger charge is 2.50. The summed E-state index contributed by atoms with van der Waals surface area (Å²) < 4.78 is 43.0. The van der Waals surface area contributed by atoms with Crippen LogP contribution >= 0.6 is 11.6 Å². The van der Waals surface area contributed by atoms with E-state index in [1.54, 1.807) is 13.0 Å². The Hall–Kier alpha value is -2.37. The van der Waals surface area contributed by atoms with Crippen molar-refractivity contribution in [2.24, 2.45) is 17.8 Å². The lowest BCUT2D eigenvalue weighted by atomic mass is 9.62. The van der Waals surface area contributed by atoms with Gasteiger partial charge in [0.05, 0.1) is 16.5 Å². The minimum absolute atomic E-state index is 0.121. The van der Waals surface area contributed by atoms with E-state index in [0.717, 1.165) is 107 Å². The minimum Gasteiger partial charge on any atom is -0.487 e. The molecule has 7 rings (SSSR count). The normalized spacial score (nSPS) is 32.1. The lowest BCUT2D eigenvalue weighted by Crippen LogP contribution is -2.61. The van der Waals surface area contributed by atoms with Crippen molar-refractivity contribution in [3.05, 3.63) is 58.1 Å². The molecular formula is C41H59ClN4O5S. The first-order valence-electron chi connectivity index (χ1n) is 19.9. The highest BCUT2D eigenvalue weighted by molar-refractivity contribution is 7.90. The molecule has 2 aromatic carbocycles. The van der Waals surface area contributed by atoms with Crippen LogP contribution in [0.3, 0.4) is 0 Å². The SMILES string of the molecule is CO[C@@]1(CN2CCN3CCCC[C@@H]3C2)CCC[C@H](C)[C@@H](C)S(=O)(=O)NC(=O)c2ccc3c(c2)N(CCCCc2cc(Cl)ccc2CO3)C[C@@H]2CC[C@H]21. The Morgan fingerprint density at radius 1 is 0.923 bits per heavy atom. The van der Waals surface area contributed by atoms with Gasteiger partial charge in [0.2, 0.25) is 10.0 Å². The Labute approximate surface area is 316 Å². The number of anilines is 1. The largest absolute Gasteiger partial charge is 0.487 e. The average molecular weight is 755 g/mol. The van der Waals surface area contributed by atoms with Crippen LogP contribution in [0.5, 0.6) is 5.75 Å². The second kappa shape index (κ2) is 16.2. The summed E-state index contributed by atoms with van der Waals surface area (Å²) in [5, 5.41) is 0.0121. The van der Waals surface area contributed by atoms with Crippen LogP contribution < -0.4 is 14.4 Å². The fraction of sp³-hybridized carbons (Fsp3) is 0.683. The van der Waals surface area contributed by atoms with Gasteiger partial charge in [0, 0.05) is 63.0 Å². The maximum absolute atomic E-state index is 13.6. The second-order valence-corrected chi connectivity index (χ2v) is 18.9. The Bertz CT molecular complexity index is 1690. The lowest BCUT2D eigenvalue weighted by molar-refractivity contribution is -0.136. The number of carbonyl (C=O) groups excluding carboxylic acids is 1. The van der Waals surface area contributed by atoms with Crippen molar-refractivity contribution in [2.75, 3.05) is 57.8 Å². The van der Waals surface area contributed by atoms with Crippen LogP contribution in [0.2, 0.25) is 5.02 Å². The van der Waals surface area contributed by atoms with Crippen LogP contribution in [0.25, 0.3) is 0 Å². The number of hydrogen-bond donors (Lipinski definition) is 1. The first-order chi connectivity index (χ1) is 25.0. The predicted octanol–water partition coefficient (Wildman–Crippen LogP) is 6.91. The summed E-state index contributed by atoms with van der Waals surface area (Å²) in [4.78, 5) is 21.4. The average Bonchev–Trinajstić information content (AvgIpc) is 3.15. The van der Waals surface area contributed by atoms with Gasteiger partial charge in [-0.25, -0.2) is 13.1 Å². The van der Waals surface area contributed by atoms with Crippen molar-refractivity contribution in [1.82, 2.24) is 14.5 Å². The number of rotatable bonds is 3. The van der Waals surface area contributed by atoms with E-state index >= 15 is 0 Å². The molecule has 5 aliphatic rings. The first-order valence-corrected chi connectivity index (χ1v) is 21.8. The second-order valence-electron chi connectivity index (χ2n) is 16.5. The van der Waals surface area contributed by atoms with E-state index in [1.807, 2.05) is 38.3 Å². The molecule has 1 N–H and O–H groups in total. The number of methoxy groups -OCH3 is 1. The van der Waals surface area contributed by atoms with Gasteiger partial charge in [-0.3, -0.25) is 14.6 Å². The van der Waals surface area contributed by atoms with E-state index in [2.05, 4.69) is 25.5 Å². The molecule has 1 aliphatic carbocycles. The quantitative estimate of drug-likeness (QED) is 0.362. The standard InChI is InChI=1S/C41H59ClN4O5S/c1-29-9-8-18-41(50-3,28-44-21-22-45-19-7-5-11-36(45)26-44)37-16-13-33(37)25-46-20-6-4-10-31-23-35(42)15-12-34(31)27-51-39-17-14-32(24-38(39)46)40(47)43-52(48,49)30(29)2/h12,14-15,17,23-24,29-30,33,36-37H,4-11,13,16,18-22,25-28H2,1-3H3,(H,43,47)/t29-,30+,33-,36+,37+,41+/m0/s1. The number of halogens is 1. The topological polar surface area (TPSA) is 91.4 Å². The maximum atomic E-state index is 13.6. The Morgan fingerprint density at radius 2 is 1.77 bits per heavy atom. The molecule has 286 valence electrons. The van der Waals surface area contributed by atoms with E-state index in [4.69, 9.17) is 21.1 Å². The summed E-state index contributed by atoms with van der Waals surface area (Å²) in [5.41, 5.74) is 3.16. The van der Waals surface area contributed by atoms with Gasteiger partial charge in [-0.2, -0.15) is 0 Å². The zero-order valence-electron chi connectivity index (χ0n) is 31.5. The molecule has 2 aromatic rings. The molecule has 2 saturated heterocycles. The monoisotopic (exact) mass is 754 g/mol. The number of amides is 1. The number of carbonyl (C=O) groups is 1. The number of sulfonamides is 1. The number of aryl methyl sites for hydroxylation is 1. The zero-order valence-corrected chi connectivity index (χ0v) is 33.0. The number of piperidine rings is 1. The molecule has 4 aliphatic heterocycles. The van der Waals surface area contributed by atoms with Crippen molar-refractivity contribution >= 4 is 33.2 Å². The molecule has 1 amide bonds. The van der Waals surface area contributed by atoms with Gasteiger partial charge >= 0.3 is 0 Å². The van der Waals surface area contributed by atoms with Gasteiger partial charge in [-0.05, 0) is 130 Å². The van der Waals surface area contributed by atoms with Crippen molar-refractivity contribution in [3.63, 3.8) is 0 Å². The van der Waals surface area contributed by atoms with Gasteiger partial charge in [0.1, 0.15) is 12.4 Å². The van der Waals surface area contributed by atoms with E-state index < -0.39 is 21.2 Å². The van der Waals surface area contributed by atoms with Gasteiger partial charge in [-0.1, -0.05) is 37.4 Å². The number of nitrogens with zero attached hydrogens (tertiary/aromatic N) is 3. The summed E-state index contributed by atoms with van der Waals surface area (Å²) in [5.74, 6) is 0.786. The smallest absolute Gasteiger partial charge is 0.264 e. The third-order valence-corrected chi connectivity index (χ3v) is 15.5. The first kappa shape index (κ1) is 37.9.